The molecule has 1 aliphatic rings. The quantitative estimate of drug-likeness (QED) is 0.899. The highest BCUT2D eigenvalue weighted by molar-refractivity contribution is 9.10. The topological polar surface area (TPSA) is 63.2 Å². The van der Waals surface area contributed by atoms with Crippen molar-refractivity contribution in [2.45, 2.75) is 13.0 Å². The van der Waals surface area contributed by atoms with E-state index in [0.717, 1.165) is 15.4 Å². The largest absolute Gasteiger partial charge is 0.345 e. The number of aryl methyl sites for hydroxylation is 1. The van der Waals surface area contributed by atoms with Crippen molar-refractivity contribution in [1.29, 1.82) is 0 Å². The lowest BCUT2D eigenvalue weighted by molar-refractivity contribution is 0.0947. The average molecular weight is 330 g/mol. The smallest absolute Gasteiger partial charge is 0.251 e. The van der Waals surface area contributed by atoms with Crippen LogP contribution in [0.15, 0.2) is 34.2 Å². The van der Waals surface area contributed by atoms with Crippen LogP contribution in [0.25, 0.3) is 0 Å². The summed E-state index contributed by atoms with van der Waals surface area (Å²) in [7, 11) is -3.14. The fourth-order valence-corrected chi connectivity index (χ4v) is 3.19. The SMILES string of the molecule is Cc1cc(C(=O)NC2C=CS(=O)(=O)C2)ccc1Br. The summed E-state index contributed by atoms with van der Waals surface area (Å²) in [5.41, 5.74) is 1.48. The normalized spacial score (nSPS) is 20.9. The predicted octanol–water partition coefficient (Wildman–Crippen LogP) is 1.80. The molecule has 1 aromatic rings. The molecule has 1 amide bonds. The Morgan fingerprint density at radius 3 is 2.72 bits per heavy atom. The number of nitrogens with one attached hydrogen (secondary N) is 1. The van der Waals surface area contributed by atoms with Crippen LogP contribution in [0.3, 0.4) is 0 Å². The molecule has 4 nitrogen and oxygen atoms in total. The van der Waals surface area contributed by atoms with E-state index < -0.39 is 15.9 Å². The van der Waals surface area contributed by atoms with Gasteiger partial charge in [0.15, 0.2) is 9.84 Å². The van der Waals surface area contributed by atoms with Gasteiger partial charge in [-0.05, 0) is 36.8 Å². The molecule has 1 atom stereocenters. The van der Waals surface area contributed by atoms with E-state index in [0.29, 0.717) is 5.56 Å². The zero-order valence-corrected chi connectivity index (χ0v) is 12.1. The maximum absolute atomic E-state index is 11.9. The van der Waals surface area contributed by atoms with E-state index in [2.05, 4.69) is 21.2 Å². The van der Waals surface area contributed by atoms with Crippen molar-refractivity contribution in [2.75, 3.05) is 5.75 Å². The van der Waals surface area contributed by atoms with Crippen LogP contribution in [-0.4, -0.2) is 26.1 Å². The number of hydrogen-bond donors (Lipinski definition) is 1. The Labute approximate surface area is 114 Å². The zero-order chi connectivity index (χ0) is 13.3. The molecule has 1 unspecified atom stereocenters. The van der Waals surface area contributed by atoms with Crippen molar-refractivity contribution >= 4 is 31.7 Å². The molecule has 0 saturated heterocycles. The number of carbonyl (C=O) groups is 1. The third kappa shape index (κ3) is 3.00. The summed E-state index contributed by atoms with van der Waals surface area (Å²) in [4.78, 5) is 11.9. The fraction of sp³-hybridized carbons (Fsp3) is 0.250. The van der Waals surface area contributed by atoms with Crippen molar-refractivity contribution in [3.63, 3.8) is 0 Å². The molecule has 1 heterocycles. The molecular formula is C12H12BrNO3S. The summed E-state index contributed by atoms with van der Waals surface area (Å²) in [5.74, 6) is -0.328. The van der Waals surface area contributed by atoms with Crippen LogP contribution in [0.5, 0.6) is 0 Å². The van der Waals surface area contributed by atoms with Gasteiger partial charge in [0.1, 0.15) is 0 Å². The molecule has 0 fully saturated rings. The lowest BCUT2D eigenvalue weighted by Gasteiger charge is -2.10. The molecule has 6 heteroatoms. The second kappa shape index (κ2) is 4.85. The van der Waals surface area contributed by atoms with Crippen LogP contribution in [0.1, 0.15) is 15.9 Å². The average Bonchev–Trinajstić information content (AvgIpc) is 2.62. The maximum atomic E-state index is 11.9. The highest BCUT2D eigenvalue weighted by atomic mass is 79.9. The molecule has 0 saturated carbocycles. The van der Waals surface area contributed by atoms with E-state index in [-0.39, 0.29) is 11.7 Å². The van der Waals surface area contributed by atoms with Crippen LogP contribution in [-0.2, 0) is 9.84 Å². The third-order valence-electron chi connectivity index (χ3n) is 2.67. The van der Waals surface area contributed by atoms with Crippen molar-refractivity contribution in [1.82, 2.24) is 5.32 Å². The van der Waals surface area contributed by atoms with Crippen LogP contribution in [0.4, 0.5) is 0 Å². The molecule has 1 N–H and O–H groups in total. The van der Waals surface area contributed by atoms with E-state index in [1.54, 1.807) is 18.2 Å². The van der Waals surface area contributed by atoms with E-state index in [4.69, 9.17) is 0 Å². The van der Waals surface area contributed by atoms with Crippen LogP contribution >= 0.6 is 15.9 Å². The van der Waals surface area contributed by atoms with Gasteiger partial charge in [0.05, 0.1) is 11.8 Å². The number of rotatable bonds is 2. The van der Waals surface area contributed by atoms with Crippen LogP contribution in [0.2, 0.25) is 0 Å². The van der Waals surface area contributed by atoms with Gasteiger partial charge >= 0.3 is 0 Å². The number of hydrogen-bond acceptors (Lipinski definition) is 3. The summed E-state index contributed by atoms with van der Waals surface area (Å²) in [6.45, 7) is 1.89. The lowest BCUT2D eigenvalue weighted by Crippen LogP contribution is -2.35. The maximum Gasteiger partial charge on any atom is 0.251 e. The summed E-state index contributed by atoms with van der Waals surface area (Å²) in [5, 5.41) is 3.82. The lowest BCUT2D eigenvalue weighted by atomic mass is 10.1. The minimum Gasteiger partial charge on any atom is -0.345 e. The van der Waals surface area contributed by atoms with Crippen molar-refractivity contribution in [3.05, 3.63) is 45.3 Å². The van der Waals surface area contributed by atoms with Gasteiger partial charge in [0, 0.05) is 15.4 Å². The molecule has 1 aliphatic heterocycles. The zero-order valence-electron chi connectivity index (χ0n) is 9.68. The minimum absolute atomic E-state index is 0.0613. The molecular weight excluding hydrogens is 318 g/mol. The van der Waals surface area contributed by atoms with Gasteiger partial charge < -0.3 is 5.32 Å². The second-order valence-electron chi connectivity index (χ2n) is 4.20. The highest BCUT2D eigenvalue weighted by Crippen LogP contribution is 2.17. The first-order chi connectivity index (χ1) is 8.37. The predicted molar refractivity (Wildman–Crippen MR) is 73.1 cm³/mol. The van der Waals surface area contributed by atoms with Crippen molar-refractivity contribution in [2.24, 2.45) is 0 Å². The van der Waals surface area contributed by atoms with Crippen molar-refractivity contribution in [3.8, 4) is 0 Å². The van der Waals surface area contributed by atoms with Crippen LogP contribution < -0.4 is 5.32 Å². The van der Waals surface area contributed by atoms with Crippen molar-refractivity contribution < 1.29 is 13.2 Å². The van der Waals surface area contributed by atoms with Gasteiger partial charge in [-0.25, -0.2) is 8.42 Å². The van der Waals surface area contributed by atoms with E-state index in [1.165, 1.54) is 6.08 Å². The Balaban J connectivity index is 2.09. The van der Waals surface area contributed by atoms with E-state index >= 15 is 0 Å². The molecule has 0 aliphatic carbocycles. The number of sulfone groups is 1. The number of carbonyl (C=O) groups excluding carboxylic acids is 1. The first-order valence-electron chi connectivity index (χ1n) is 5.35. The molecule has 0 radical (unpaired) electrons. The summed E-state index contributed by atoms with van der Waals surface area (Å²) in [6, 6.07) is 4.81. The highest BCUT2D eigenvalue weighted by Gasteiger charge is 2.23. The first-order valence-corrected chi connectivity index (χ1v) is 7.86. The summed E-state index contributed by atoms with van der Waals surface area (Å²) in [6.07, 6.45) is 1.50. The van der Waals surface area contributed by atoms with E-state index in [1.807, 2.05) is 6.92 Å². The number of halogens is 1. The molecule has 1 aromatic carbocycles. The van der Waals surface area contributed by atoms with Gasteiger partial charge in [0.25, 0.3) is 5.91 Å². The van der Waals surface area contributed by atoms with E-state index in [9.17, 15) is 13.2 Å². The van der Waals surface area contributed by atoms with Gasteiger partial charge in [-0.2, -0.15) is 0 Å². The summed E-state index contributed by atoms with van der Waals surface area (Å²) >= 11 is 3.36. The Bertz CT molecular complexity index is 622. The molecule has 0 aromatic heterocycles. The monoisotopic (exact) mass is 329 g/mol. The van der Waals surface area contributed by atoms with Gasteiger partial charge in [-0.3, -0.25) is 4.79 Å². The third-order valence-corrected chi connectivity index (χ3v) is 4.95. The van der Waals surface area contributed by atoms with Gasteiger partial charge in [-0.15, -0.1) is 0 Å². The first kappa shape index (κ1) is 13.3. The van der Waals surface area contributed by atoms with Crippen LogP contribution in [0, 0.1) is 6.92 Å². The second-order valence-corrected chi connectivity index (χ2v) is 6.99. The Morgan fingerprint density at radius 2 is 2.17 bits per heavy atom. The molecule has 96 valence electrons. The molecule has 0 bridgehead atoms. The summed E-state index contributed by atoms with van der Waals surface area (Å²) < 4.78 is 23.4. The van der Waals surface area contributed by atoms with Gasteiger partial charge in [0.2, 0.25) is 0 Å². The standard InChI is InChI=1S/C12H12BrNO3S/c1-8-6-9(2-3-11(8)13)12(15)14-10-4-5-18(16,17)7-10/h2-6,10H,7H2,1H3,(H,14,15). The molecule has 0 spiro atoms. The molecule has 18 heavy (non-hydrogen) atoms. The van der Waals surface area contributed by atoms with Gasteiger partial charge in [-0.1, -0.05) is 15.9 Å². The Kier molecular flexibility index (Phi) is 3.59. The number of benzene rings is 1. The molecule has 2 rings (SSSR count). The minimum atomic E-state index is -3.14. The Hall–Kier alpha value is -1.14. The number of amides is 1. The Morgan fingerprint density at radius 1 is 1.44 bits per heavy atom. The fourth-order valence-electron chi connectivity index (χ4n) is 1.70.